The Morgan fingerprint density at radius 3 is 2.57 bits per heavy atom. The molecule has 6 nitrogen and oxygen atoms in total. The van der Waals surface area contributed by atoms with E-state index in [-0.39, 0.29) is 17.1 Å². The van der Waals surface area contributed by atoms with Gasteiger partial charge in [0.15, 0.2) is 10.6 Å². The van der Waals surface area contributed by atoms with Crippen molar-refractivity contribution >= 4 is 29.2 Å². The Morgan fingerprint density at radius 1 is 1.25 bits per heavy atom. The topological polar surface area (TPSA) is 66.1 Å². The molecule has 0 aliphatic heterocycles. The van der Waals surface area contributed by atoms with Gasteiger partial charge in [0.2, 0.25) is 0 Å². The zero-order valence-electron chi connectivity index (χ0n) is 15.1. The summed E-state index contributed by atoms with van der Waals surface area (Å²) in [4.78, 5) is 25.1. The van der Waals surface area contributed by atoms with Crippen LogP contribution in [0.4, 0.5) is 4.39 Å². The lowest BCUT2D eigenvalue weighted by Gasteiger charge is -2.20. The molecular formula is C19H16Cl2FN3O3. The van der Waals surface area contributed by atoms with Crippen LogP contribution in [0.3, 0.4) is 0 Å². The van der Waals surface area contributed by atoms with E-state index in [2.05, 4.69) is 5.10 Å². The Morgan fingerprint density at radius 2 is 2.00 bits per heavy atom. The van der Waals surface area contributed by atoms with Gasteiger partial charge >= 0.3 is 5.97 Å². The van der Waals surface area contributed by atoms with Gasteiger partial charge in [-0.1, -0.05) is 23.2 Å². The maximum Gasteiger partial charge on any atom is 0.344 e. The molecule has 0 aliphatic rings. The summed E-state index contributed by atoms with van der Waals surface area (Å²) in [5.74, 6) is -1.38. The van der Waals surface area contributed by atoms with E-state index < -0.39 is 17.2 Å². The number of nitrogens with zero attached hydrogens (tertiary/aromatic N) is 3. The van der Waals surface area contributed by atoms with E-state index in [4.69, 9.17) is 27.9 Å². The summed E-state index contributed by atoms with van der Waals surface area (Å²) in [7, 11) is 1.19. The molecule has 28 heavy (non-hydrogen) atoms. The van der Waals surface area contributed by atoms with Gasteiger partial charge < -0.3 is 9.30 Å². The van der Waals surface area contributed by atoms with Crippen LogP contribution in [0.25, 0.3) is 11.3 Å². The third kappa shape index (κ3) is 3.81. The minimum Gasteiger partial charge on any atom is -0.465 e. The molecule has 0 bridgehead atoms. The van der Waals surface area contributed by atoms with Crippen LogP contribution in [-0.2, 0) is 17.8 Å². The Bertz CT molecular complexity index is 1110. The number of rotatable bonds is 5. The van der Waals surface area contributed by atoms with Gasteiger partial charge in [-0.2, -0.15) is 5.10 Å². The fourth-order valence-electron chi connectivity index (χ4n) is 3.02. The average Bonchev–Trinajstić information content (AvgIpc) is 3.07. The van der Waals surface area contributed by atoms with Crippen LogP contribution < -0.4 is 5.43 Å². The minimum atomic E-state index is -0.781. The number of carbonyl (C=O) groups excluding carboxylic acids is 1. The lowest BCUT2D eigenvalue weighted by atomic mass is 10.0. The molecule has 0 atom stereocenters. The van der Waals surface area contributed by atoms with Crippen LogP contribution in [0.2, 0.25) is 10.2 Å². The number of benzene rings is 1. The van der Waals surface area contributed by atoms with Gasteiger partial charge in [-0.25, -0.2) is 9.18 Å². The highest BCUT2D eigenvalue weighted by Crippen LogP contribution is 2.28. The van der Waals surface area contributed by atoms with E-state index in [1.54, 1.807) is 21.5 Å². The van der Waals surface area contributed by atoms with Crippen LogP contribution in [0.15, 0.2) is 41.3 Å². The molecule has 0 unspecified atom stereocenters. The minimum absolute atomic E-state index is 0.118. The average molecular weight is 424 g/mol. The quantitative estimate of drug-likeness (QED) is 0.581. The number of carbonyl (C=O) groups is 1. The summed E-state index contributed by atoms with van der Waals surface area (Å²) in [6.45, 7) is 2.54. The molecule has 1 aromatic carbocycles. The van der Waals surface area contributed by atoms with Gasteiger partial charge in [-0.05, 0) is 31.2 Å². The van der Waals surface area contributed by atoms with E-state index in [1.165, 1.54) is 31.4 Å². The number of aromatic nitrogens is 3. The molecule has 3 rings (SSSR count). The van der Waals surface area contributed by atoms with Crippen LogP contribution >= 0.6 is 23.2 Å². The van der Waals surface area contributed by atoms with Crippen molar-refractivity contribution in [1.29, 1.82) is 0 Å². The molecule has 146 valence electrons. The molecule has 0 fully saturated rings. The summed E-state index contributed by atoms with van der Waals surface area (Å²) in [5.41, 5.74) is 0.660. The second-order valence-electron chi connectivity index (χ2n) is 5.92. The summed E-state index contributed by atoms with van der Waals surface area (Å²) < 4.78 is 21.8. The smallest absolute Gasteiger partial charge is 0.344 e. The fraction of sp³-hybridized carbons (Fsp3) is 0.211. The summed E-state index contributed by atoms with van der Waals surface area (Å²) in [6.07, 6.45) is 1.68. The first kappa shape index (κ1) is 20.1. The maximum absolute atomic E-state index is 13.7. The van der Waals surface area contributed by atoms with E-state index in [0.29, 0.717) is 28.6 Å². The molecule has 0 spiro atoms. The first-order valence-electron chi connectivity index (χ1n) is 8.35. The second-order valence-corrected chi connectivity index (χ2v) is 6.72. The molecule has 0 aliphatic carbocycles. The van der Waals surface area contributed by atoms with E-state index in [1.807, 2.05) is 6.92 Å². The zero-order valence-corrected chi connectivity index (χ0v) is 16.6. The molecule has 0 amide bonds. The van der Waals surface area contributed by atoms with Crippen LogP contribution in [-0.4, -0.2) is 27.4 Å². The van der Waals surface area contributed by atoms with Gasteiger partial charge in [0.05, 0.1) is 24.4 Å². The van der Waals surface area contributed by atoms with E-state index in [0.717, 1.165) is 0 Å². The summed E-state index contributed by atoms with van der Waals surface area (Å²) in [5, 5.41) is 4.32. The van der Waals surface area contributed by atoms with Crippen LogP contribution in [0.5, 0.6) is 0 Å². The lowest BCUT2D eigenvalue weighted by Crippen LogP contribution is -2.25. The Kier molecular flexibility index (Phi) is 5.86. The fourth-order valence-corrected chi connectivity index (χ4v) is 3.36. The lowest BCUT2D eigenvalue weighted by molar-refractivity contribution is 0.0599. The maximum atomic E-state index is 13.7. The van der Waals surface area contributed by atoms with Crippen molar-refractivity contribution in [3.05, 3.63) is 74.0 Å². The highest BCUT2D eigenvalue weighted by molar-refractivity contribution is 6.31. The van der Waals surface area contributed by atoms with Crippen molar-refractivity contribution in [3.63, 3.8) is 0 Å². The van der Waals surface area contributed by atoms with E-state index in [9.17, 15) is 14.0 Å². The van der Waals surface area contributed by atoms with Crippen molar-refractivity contribution < 1.29 is 13.9 Å². The molecule has 0 saturated carbocycles. The predicted octanol–water partition coefficient (Wildman–Crippen LogP) is 4.01. The summed E-state index contributed by atoms with van der Waals surface area (Å²) in [6, 6.07) is 7.00. The Labute approximate surface area is 170 Å². The highest BCUT2D eigenvalue weighted by Gasteiger charge is 2.23. The Balaban J connectivity index is 2.30. The number of hydrogen-bond donors (Lipinski definition) is 0. The predicted molar refractivity (Wildman–Crippen MR) is 104 cm³/mol. The third-order valence-electron chi connectivity index (χ3n) is 4.23. The van der Waals surface area contributed by atoms with E-state index >= 15 is 0 Å². The van der Waals surface area contributed by atoms with Crippen molar-refractivity contribution in [2.45, 2.75) is 20.0 Å². The number of ether oxygens (including phenoxy) is 1. The largest absolute Gasteiger partial charge is 0.465 e. The number of hydrogen-bond acceptors (Lipinski definition) is 4. The molecule has 3 aromatic rings. The molecule has 0 radical (unpaired) electrons. The summed E-state index contributed by atoms with van der Waals surface area (Å²) >= 11 is 11.8. The van der Waals surface area contributed by atoms with Crippen molar-refractivity contribution in [2.75, 3.05) is 7.11 Å². The SMILES string of the molecule is CCn1c(Cn2ccc(Cl)n2)cc(=O)c(C(=O)OC)c1-c1ccc(F)c(Cl)c1. The molecular weight excluding hydrogens is 408 g/mol. The van der Waals surface area contributed by atoms with Crippen LogP contribution in [0.1, 0.15) is 23.0 Å². The normalized spacial score (nSPS) is 10.9. The highest BCUT2D eigenvalue weighted by atomic mass is 35.5. The first-order chi connectivity index (χ1) is 13.3. The number of halogens is 3. The molecule has 0 saturated heterocycles. The number of esters is 1. The first-order valence-corrected chi connectivity index (χ1v) is 9.10. The van der Waals surface area contributed by atoms with Crippen molar-refractivity contribution in [1.82, 2.24) is 14.3 Å². The van der Waals surface area contributed by atoms with Gasteiger partial charge in [-0.3, -0.25) is 9.48 Å². The van der Waals surface area contributed by atoms with Gasteiger partial charge in [0, 0.05) is 30.1 Å². The monoisotopic (exact) mass is 423 g/mol. The van der Waals surface area contributed by atoms with Gasteiger partial charge in [0.1, 0.15) is 11.4 Å². The zero-order chi connectivity index (χ0) is 20.4. The molecule has 2 aromatic heterocycles. The molecule has 0 N–H and O–H groups in total. The number of pyridine rings is 1. The Hall–Kier alpha value is -2.64. The second kappa shape index (κ2) is 8.16. The van der Waals surface area contributed by atoms with Crippen molar-refractivity contribution in [2.24, 2.45) is 0 Å². The standard InChI is InChI=1S/C19H16Cl2FN3O3/c1-3-25-12(10-24-7-6-16(21)23-24)9-15(26)17(19(27)28-2)18(25)11-4-5-14(22)13(20)8-11/h4-9H,3,10H2,1-2H3. The van der Waals surface area contributed by atoms with Gasteiger partial charge in [0.25, 0.3) is 0 Å². The molecule has 9 heteroatoms. The number of methoxy groups -OCH3 is 1. The third-order valence-corrected chi connectivity index (χ3v) is 4.72. The van der Waals surface area contributed by atoms with Crippen molar-refractivity contribution in [3.8, 4) is 11.3 Å². The van der Waals surface area contributed by atoms with Gasteiger partial charge in [-0.15, -0.1) is 0 Å². The molecule has 2 heterocycles. The van der Waals surface area contributed by atoms with Crippen LogP contribution in [0, 0.1) is 5.82 Å².